The average molecular weight is 227 g/mol. The maximum absolute atomic E-state index is 6.00. The highest BCUT2D eigenvalue weighted by atomic mass is 15.3. The number of aryl methyl sites for hydroxylation is 1. The van der Waals surface area contributed by atoms with Crippen LogP contribution in [0.4, 0.5) is 0 Å². The minimum absolute atomic E-state index is 0.844. The molecule has 2 aromatic heterocycles. The van der Waals surface area contributed by atoms with E-state index in [-0.39, 0.29) is 0 Å². The minimum atomic E-state index is 0.844. The van der Waals surface area contributed by atoms with Gasteiger partial charge in [0.15, 0.2) is 5.65 Å². The van der Waals surface area contributed by atoms with Crippen molar-refractivity contribution in [1.82, 2.24) is 9.66 Å². The van der Waals surface area contributed by atoms with Crippen molar-refractivity contribution in [2.24, 2.45) is 0 Å². The number of benzene rings is 1. The smallest absolute Gasteiger partial charge is 0.159 e. The van der Waals surface area contributed by atoms with E-state index in [0.717, 1.165) is 16.6 Å². The molecule has 3 aromatic rings. The second-order valence-electron chi connectivity index (χ2n) is 3.71. The Hall–Kier alpha value is -2.03. The van der Waals surface area contributed by atoms with Gasteiger partial charge in [0.2, 0.25) is 0 Å². The molecule has 2 N–H and O–H groups in total. The lowest BCUT2D eigenvalue weighted by molar-refractivity contribution is 1.08. The van der Waals surface area contributed by atoms with Crippen molar-refractivity contribution in [3.05, 3.63) is 42.1 Å². The fraction of sp³-hybridized carbons (Fsp3) is 0.214. The van der Waals surface area contributed by atoms with Gasteiger partial charge in [-0.25, -0.2) is 9.66 Å². The van der Waals surface area contributed by atoms with Gasteiger partial charge in [-0.3, -0.25) is 0 Å². The van der Waals surface area contributed by atoms with Gasteiger partial charge in [-0.2, -0.15) is 0 Å². The van der Waals surface area contributed by atoms with Gasteiger partial charge >= 0.3 is 0 Å². The van der Waals surface area contributed by atoms with Gasteiger partial charge in [-0.1, -0.05) is 32.0 Å². The molecular formula is C14H17N3. The molecule has 0 aliphatic heterocycles. The fourth-order valence-electron chi connectivity index (χ4n) is 2.07. The van der Waals surface area contributed by atoms with Crippen LogP contribution in [0.1, 0.15) is 19.4 Å². The van der Waals surface area contributed by atoms with Crippen molar-refractivity contribution in [1.29, 1.82) is 0 Å². The summed E-state index contributed by atoms with van der Waals surface area (Å²) in [5.41, 5.74) is 3.07. The Labute approximate surface area is 101 Å². The van der Waals surface area contributed by atoms with Crippen LogP contribution in [0.3, 0.4) is 0 Å². The summed E-state index contributed by atoms with van der Waals surface area (Å²) in [4.78, 5) is 4.32. The zero-order valence-electron chi connectivity index (χ0n) is 10.4. The van der Waals surface area contributed by atoms with Gasteiger partial charge in [0.25, 0.3) is 0 Å². The summed E-state index contributed by atoms with van der Waals surface area (Å²) >= 11 is 0. The van der Waals surface area contributed by atoms with E-state index in [0.29, 0.717) is 0 Å². The number of para-hydroxylation sites is 1. The number of nitrogens with zero attached hydrogens (tertiary/aromatic N) is 2. The van der Waals surface area contributed by atoms with Crippen LogP contribution in [0.2, 0.25) is 0 Å². The molecule has 0 saturated carbocycles. The van der Waals surface area contributed by atoms with Crippen LogP contribution in [0.5, 0.6) is 0 Å². The molecule has 17 heavy (non-hydrogen) atoms. The normalized spacial score (nSPS) is 10.3. The van der Waals surface area contributed by atoms with Crippen LogP contribution in [-0.2, 0) is 0 Å². The summed E-state index contributed by atoms with van der Waals surface area (Å²) in [5.74, 6) is 6.00. The molecule has 2 heterocycles. The predicted molar refractivity (Wildman–Crippen MR) is 73.5 cm³/mol. The van der Waals surface area contributed by atoms with Crippen LogP contribution in [0.15, 0.2) is 36.5 Å². The van der Waals surface area contributed by atoms with Gasteiger partial charge in [0.1, 0.15) is 0 Å². The van der Waals surface area contributed by atoms with Crippen LogP contribution < -0.4 is 5.84 Å². The van der Waals surface area contributed by atoms with Crippen molar-refractivity contribution in [3.63, 3.8) is 0 Å². The fourth-order valence-corrected chi connectivity index (χ4v) is 2.07. The SMILES string of the molecule is CC.Cc1ccnc2c1c1ccccc1n2N. The number of nitrogen functional groups attached to an aromatic ring is 1. The third-order valence-corrected chi connectivity index (χ3v) is 2.80. The highest BCUT2D eigenvalue weighted by molar-refractivity contribution is 6.08. The van der Waals surface area contributed by atoms with Crippen molar-refractivity contribution in [2.45, 2.75) is 20.8 Å². The molecule has 0 atom stereocenters. The molecule has 0 aliphatic carbocycles. The van der Waals surface area contributed by atoms with Gasteiger partial charge < -0.3 is 5.84 Å². The number of pyridine rings is 1. The Bertz CT molecular complexity index is 653. The average Bonchev–Trinajstić information content (AvgIpc) is 2.68. The van der Waals surface area contributed by atoms with Gasteiger partial charge in [-0.05, 0) is 24.6 Å². The first-order valence-electron chi connectivity index (χ1n) is 5.89. The molecule has 0 spiro atoms. The second kappa shape index (κ2) is 4.45. The lowest BCUT2D eigenvalue weighted by atomic mass is 10.1. The Morgan fingerprint density at radius 2 is 1.82 bits per heavy atom. The summed E-state index contributed by atoms with van der Waals surface area (Å²) in [6, 6.07) is 10.1. The first kappa shape index (κ1) is 11.5. The molecule has 0 saturated heterocycles. The molecular weight excluding hydrogens is 210 g/mol. The monoisotopic (exact) mass is 227 g/mol. The first-order valence-corrected chi connectivity index (χ1v) is 5.89. The van der Waals surface area contributed by atoms with Crippen molar-refractivity contribution >= 4 is 21.9 Å². The largest absolute Gasteiger partial charge is 0.337 e. The van der Waals surface area contributed by atoms with E-state index in [1.54, 1.807) is 10.9 Å². The van der Waals surface area contributed by atoms with E-state index in [1.807, 2.05) is 38.1 Å². The van der Waals surface area contributed by atoms with Crippen LogP contribution in [-0.4, -0.2) is 9.66 Å². The topological polar surface area (TPSA) is 43.8 Å². The highest BCUT2D eigenvalue weighted by Gasteiger charge is 2.10. The predicted octanol–water partition coefficient (Wildman–Crippen LogP) is 3.24. The molecule has 3 nitrogen and oxygen atoms in total. The number of hydrogen-bond donors (Lipinski definition) is 1. The van der Waals surface area contributed by atoms with Gasteiger partial charge in [0, 0.05) is 17.0 Å². The zero-order chi connectivity index (χ0) is 12.4. The van der Waals surface area contributed by atoms with Crippen molar-refractivity contribution < 1.29 is 0 Å². The van der Waals surface area contributed by atoms with Gasteiger partial charge in [0.05, 0.1) is 5.52 Å². The van der Waals surface area contributed by atoms with Crippen LogP contribution in [0, 0.1) is 6.92 Å². The number of fused-ring (bicyclic) bond motifs is 3. The van der Waals surface area contributed by atoms with E-state index in [4.69, 9.17) is 5.84 Å². The molecule has 0 aliphatic rings. The first-order chi connectivity index (χ1) is 8.29. The molecule has 1 aromatic carbocycles. The molecule has 0 amide bonds. The molecule has 3 rings (SSSR count). The molecule has 0 unspecified atom stereocenters. The third-order valence-electron chi connectivity index (χ3n) is 2.80. The van der Waals surface area contributed by atoms with E-state index in [9.17, 15) is 0 Å². The van der Waals surface area contributed by atoms with Gasteiger partial charge in [-0.15, -0.1) is 0 Å². The lowest BCUT2D eigenvalue weighted by Crippen LogP contribution is -2.07. The second-order valence-corrected chi connectivity index (χ2v) is 3.71. The standard InChI is InChI=1S/C12H11N3.C2H6/c1-8-6-7-14-12-11(8)9-4-2-3-5-10(9)15(12)13;1-2/h2-7H,13H2,1H3;1-2H3. The van der Waals surface area contributed by atoms with E-state index >= 15 is 0 Å². The maximum Gasteiger partial charge on any atom is 0.159 e. The summed E-state index contributed by atoms with van der Waals surface area (Å²) in [6.07, 6.45) is 1.79. The lowest BCUT2D eigenvalue weighted by Gasteiger charge is -1.96. The zero-order valence-corrected chi connectivity index (χ0v) is 10.4. The van der Waals surface area contributed by atoms with E-state index in [1.165, 1.54) is 10.9 Å². The number of nitrogens with two attached hydrogens (primary N) is 1. The van der Waals surface area contributed by atoms with Crippen molar-refractivity contribution in [3.8, 4) is 0 Å². The number of aromatic nitrogens is 2. The number of rotatable bonds is 0. The quantitative estimate of drug-likeness (QED) is 0.599. The highest BCUT2D eigenvalue weighted by Crippen LogP contribution is 2.27. The van der Waals surface area contributed by atoms with E-state index < -0.39 is 0 Å². The summed E-state index contributed by atoms with van der Waals surface area (Å²) in [5, 5.41) is 2.32. The minimum Gasteiger partial charge on any atom is -0.337 e. The molecule has 88 valence electrons. The Morgan fingerprint density at radius 1 is 1.12 bits per heavy atom. The third kappa shape index (κ3) is 1.64. The van der Waals surface area contributed by atoms with Crippen LogP contribution >= 0.6 is 0 Å². The van der Waals surface area contributed by atoms with E-state index in [2.05, 4.69) is 18.0 Å². The molecule has 0 radical (unpaired) electrons. The summed E-state index contributed by atoms with van der Waals surface area (Å²) < 4.78 is 1.65. The maximum atomic E-state index is 6.00. The molecule has 0 fully saturated rings. The Balaban J connectivity index is 0.000000514. The van der Waals surface area contributed by atoms with Crippen LogP contribution in [0.25, 0.3) is 21.9 Å². The van der Waals surface area contributed by atoms with Crippen molar-refractivity contribution in [2.75, 3.05) is 5.84 Å². The number of hydrogen-bond acceptors (Lipinski definition) is 2. The summed E-state index contributed by atoms with van der Waals surface area (Å²) in [6.45, 7) is 6.08. The Kier molecular flexibility index (Phi) is 3.00. The summed E-state index contributed by atoms with van der Waals surface area (Å²) in [7, 11) is 0. The molecule has 3 heteroatoms. The molecule has 0 bridgehead atoms. The Morgan fingerprint density at radius 3 is 2.59 bits per heavy atom.